The van der Waals surface area contributed by atoms with E-state index in [0.717, 1.165) is 44.2 Å². The number of hydrogen-bond donors (Lipinski definition) is 2. The zero-order chi connectivity index (χ0) is 18.9. The highest BCUT2D eigenvalue weighted by molar-refractivity contribution is 7.92. The Morgan fingerprint density at radius 1 is 1.19 bits per heavy atom. The van der Waals surface area contributed by atoms with Crippen LogP contribution in [0.15, 0.2) is 39.9 Å². The van der Waals surface area contributed by atoms with Gasteiger partial charge in [-0.15, -0.1) is 0 Å². The molecule has 2 aliphatic rings. The zero-order valence-corrected chi connectivity index (χ0v) is 15.5. The van der Waals surface area contributed by atoms with Crippen LogP contribution in [0.4, 0.5) is 10.5 Å². The Labute approximate surface area is 158 Å². The summed E-state index contributed by atoms with van der Waals surface area (Å²) in [6.07, 6.45) is 10.4. The van der Waals surface area contributed by atoms with Crippen LogP contribution in [0.3, 0.4) is 0 Å². The molecule has 4 rings (SSSR count). The van der Waals surface area contributed by atoms with E-state index in [9.17, 15) is 9.00 Å². The van der Waals surface area contributed by atoms with E-state index < -0.39 is 15.9 Å². The summed E-state index contributed by atoms with van der Waals surface area (Å²) in [6.45, 7) is 0. The van der Waals surface area contributed by atoms with E-state index >= 15 is 0 Å². The molecule has 1 heterocycles. The van der Waals surface area contributed by atoms with Crippen molar-refractivity contribution in [1.82, 2.24) is 9.71 Å². The van der Waals surface area contributed by atoms with Crippen LogP contribution in [-0.4, -0.2) is 15.2 Å². The molecule has 0 radical (unpaired) electrons. The number of fused-ring (bicyclic) bond motifs is 2. The standard InChI is InChI=1S/C19H19N5O2S/c20-12-22-27(26,15-6-3-9-21-11-15)24-19(25)23-18-16-7-1-4-13(16)10-14-5-2-8-17(14)18/h3,6,9-11H,1-2,4-5,7-8H2,(H2,22,23,24,25,26). The van der Waals surface area contributed by atoms with Crippen LogP contribution in [0.25, 0.3) is 0 Å². The molecule has 0 saturated carbocycles. The molecule has 1 aromatic heterocycles. The third kappa shape index (κ3) is 3.26. The number of nitrogens with one attached hydrogen (secondary N) is 2. The van der Waals surface area contributed by atoms with E-state index in [4.69, 9.17) is 5.26 Å². The zero-order valence-electron chi connectivity index (χ0n) is 14.7. The lowest BCUT2D eigenvalue weighted by atomic mass is 9.99. The summed E-state index contributed by atoms with van der Waals surface area (Å²) in [6, 6.07) is 4.75. The number of nitrogens with zero attached hydrogens (tertiary/aromatic N) is 3. The number of aryl methyl sites for hydroxylation is 2. The highest BCUT2D eigenvalue weighted by Gasteiger charge is 2.26. The van der Waals surface area contributed by atoms with Crippen molar-refractivity contribution in [3.05, 3.63) is 52.8 Å². The number of anilines is 1. The van der Waals surface area contributed by atoms with Gasteiger partial charge in [0, 0.05) is 18.1 Å². The van der Waals surface area contributed by atoms with E-state index in [-0.39, 0.29) is 4.90 Å². The van der Waals surface area contributed by atoms with Crippen molar-refractivity contribution in [2.45, 2.75) is 43.4 Å². The van der Waals surface area contributed by atoms with Gasteiger partial charge in [-0.2, -0.15) is 5.26 Å². The second-order valence-corrected chi connectivity index (χ2v) is 8.61. The molecule has 2 N–H and O–H groups in total. The van der Waals surface area contributed by atoms with E-state index in [2.05, 4.69) is 25.5 Å². The number of amides is 2. The minimum absolute atomic E-state index is 0.185. The fourth-order valence-corrected chi connectivity index (χ4v) is 5.09. The predicted octanol–water partition coefficient (Wildman–Crippen LogP) is 3.10. The van der Waals surface area contributed by atoms with Gasteiger partial charge in [-0.3, -0.25) is 4.98 Å². The molecular weight excluding hydrogens is 362 g/mol. The van der Waals surface area contributed by atoms with Crippen molar-refractivity contribution in [3.8, 4) is 6.19 Å². The average Bonchev–Trinajstić information content (AvgIpc) is 3.31. The first kappa shape index (κ1) is 17.5. The van der Waals surface area contributed by atoms with Crippen molar-refractivity contribution >= 4 is 21.6 Å². The second kappa shape index (κ2) is 7.00. The lowest BCUT2D eigenvalue weighted by Gasteiger charge is -2.17. The lowest BCUT2D eigenvalue weighted by Crippen LogP contribution is -2.34. The van der Waals surface area contributed by atoms with Gasteiger partial charge in [-0.25, -0.2) is 13.7 Å². The second-order valence-electron chi connectivity index (χ2n) is 6.70. The Morgan fingerprint density at radius 2 is 1.89 bits per heavy atom. The van der Waals surface area contributed by atoms with Crippen molar-refractivity contribution in [2.24, 2.45) is 4.36 Å². The van der Waals surface area contributed by atoms with Crippen LogP contribution < -0.4 is 10.0 Å². The van der Waals surface area contributed by atoms with E-state index in [1.807, 2.05) is 0 Å². The number of nitriles is 1. The van der Waals surface area contributed by atoms with Crippen LogP contribution in [0.1, 0.15) is 35.1 Å². The normalized spacial score (nSPS) is 16.6. The SMILES string of the molecule is N#CN=S(=O)(NC(=O)Nc1c2c(cc3c1CCC3)CCC2)c1cccnc1. The van der Waals surface area contributed by atoms with Crippen LogP contribution >= 0.6 is 0 Å². The number of carbonyl (C=O) groups excluding carboxylic acids is 1. The van der Waals surface area contributed by atoms with Gasteiger partial charge in [-0.05, 0) is 72.9 Å². The van der Waals surface area contributed by atoms with E-state index in [1.54, 1.807) is 6.07 Å². The molecule has 138 valence electrons. The topological polar surface area (TPSA) is 107 Å². The van der Waals surface area contributed by atoms with Crippen LogP contribution in [0.2, 0.25) is 0 Å². The van der Waals surface area contributed by atoms with Gasteiger partial charge in [0.15, 0.2) is 9.92 Å². The number of pyridine rings is 1. The maximum absolute atomic E-state index is 13.1. The molecular formula is C19H19N5O2S. The number of benzene rings is 1. The van der Waals surface area contributed by atoms with Crippen LogP contribution in [0, 0.1) is 11.5 Å². The van der Waals surface area contributed by atoms with Crippen molar-refractivity contribution in [1.29, 1.82) is 5.26 Å². The smallest absolute Gasteiger partial charge is 0.307 e. The number of aromatic nitrogens is 1. The van der Waals surface area contributed by atoms with Crippen LogP contribution in [0.5, 0.6) is 0 Å². The van der Waals surface area contributed by atoms with Crippen LogP contribution in [-0.2, 0) is 35.6 Å². The summed E-state index contributed by atoms with van der Waals surface area (Å²) in [7, 11) is -3.43. The lowest BCUT2D eigenvalue weighted by molar-refractivity contribution is 0.256. The minimum atomic E-state index is -3.43. The number of urea groups is 1. The van der Waals surface area contributed by atoms with Gasteiger partial charge in [0.05, 0.1) is 4.90 Å². The molecule has 2 aliphatic carbocycles. The van der Waals surface area contributed by atoms with E-state index in [1.165, 1.54) is 46.9 Å². The quantitative estimate of drug-likeness (QED) is 0.797. The number of hydrogen-bond acceptors (Lipinski definition) is 5. The fraction of sp³-hybridized carbons (Fsp3) is 0.316. The molecule has 2 aromatic rings. The first-order valence-corrected chi connectivity index (χ1v) is 10.4. The number of carbonyl (C=O) groups is 1. The van der Waals surface area contributed by atoms with Crippen molar-refractivity contribution < 1.29 is 9.00 Å². The summed E-state index contributed by atoms with van der Waals surface area (Å²) in [5.41, 5.74) is 5.79. The summed E-state index contributed by atoms with van der Waals surface area (Å²) in [4.78, 5) is 16.8. The predicted molar refractivity (Wildman–Crippen MR) is 101 cm³/mol. The summed E-state index contributed by atoms with van der Waals surface area (Å²) < 4.78 is 18.9. The fourth-order valence-electron chi connectivity index (χ4n) is 3.93. The van der Waals surface area contributed by atoms with E-state index in [0.29, 0.717) is 0 Å². The highest BCUT2D eigenvalue weighted by atomic mass is 32.2. The molecule has 1 atom stereocenters. The molecule has 0 saturated heterocycles. The average molecular weight is 381 g/mol. The molecule has 0 spiro atoms. The molecule has 27 heavy (non-hydrogen) atoms. The largest absolute Gasteiger partial charge is 0.331 e. The van der Waals surface area contributed by atoms with Gasteiger partial charge in [-0.1, -0.05) is 10.4 Å². The monoisotopic (exact) mass is 381 g/mol. The highest BCUT2D eigenvalue weighted by Crippen LogP contribution is 2.38. The molecule has 1 unspecified atom stereocenters. The Hall–Kier alpha value is -2.92. The third-order valence-electron chi connectivity index (χ3n) is 5.07. The molecule has 0 bridgehead atoms. The third-order valence-corrected chi connectivity index (χ3v) is 6.75. The molecule has 8 heteroatoms. The molecule has 7 nitrogen and oxygen atoms in total. The van der Waals surface area contributed by atoms with Gasteiger partial charge in [0.2, 0.25) is 6.19 Å². The van der Waals surface area contributed by atoms with Gasteiger partial charge < -0.3 is 5.32 Å². The van der Waals surface area contributed by atoms with Crippen molar-refractivity contribution in [2.75, 3.05) is 5.32 Å². The summed E-state index contributed by atoms with van der Waals surface area (Å²) in [5.74, 6) is 0. The molecule has 0 aliphatic heterocycles. The number of rotatable bonds is 3. The van der Waals surface area contributed by atoms with Gasteiger partial charge in [0.25, 0.3) is 0 Å². The molecule has 1 aromatic carbocycles. The summed E-state index contributed by atoms with van der Waals surface area (Å²) >= 11 is 0. The minimum Gasteiger partial charge on any atom is -0.307 e. The Kier molecular flexibility index (Phi) is 4.54. The maximum atomic E-state index is 13.1. The Bertz CT molecular complexity index is 1030. The van der Waals surface area contributed by atoms with Crippen molar-refractivity contribution in [3.63, 3.8) is 0 Å². The van der Waals surface area contributed by atoms with Gasteiger partial charge in [0.1, 0.15) is 0 Å². The Balaban J connectivity index is 1.65. The first-order valence-electron chi connectivity index (χ1n) is 8.91. The maximum Gasteiger partial charge on any atom is 0.331 e. The summed E-state index contributed by atoms with van der Waals surface area (Å²) in [5, 5.41) is 11.8. The first-order chi connectivity index (χ1) is 13.1. The van der Waals surface area contributed by atoms with Gasteiger partial charge >= 0.3 is 6.03 Å². The molecule has 2 amide bonds. The molecule has 0 fully saturated rings. The Morgan fingerprint density at radius 3 is 2.48 bits per heavy atom.